The Bertz CT molecular complexity index is 1100. The number of fused-ring (bicyclic) bond motifs is 4. The number of ether oxygens (including phenoxy) is 2. The second-order valence-corrected chi connectivity index (χ2v) is 8.02. The van der Waals surface area contributed by atoms with Crippen molar-refractivity contribution < 1.29 is 19.1 Å². The number of aromatic nitrogens is 2. The zero-order valence-corrected chi connectivity index (χ0v) is 17.4. The molecule has 3 aliphatic rings. The van der Waals surface area contributed by atoms with Crippen LogP contribution in [0.3, 0.4) is 0 Å². The maximum absolute atomic E-state index is 13.5. The minimum Gasteiger partial charge on any atom is -0.469 e. The van der Waals surface area contributed by atoms with Gasteiger partial charge in [-0.15, -0.1) is 0 Å². The Labute approximate surface area is 174 Å². The van der Waals surface area contributed by atoms with E-state index in [0.29, 0.717) is 18.5 Å². The molecule has 1 saturated carbocycles. The summed E-state index contributed by atoms with van der Waals surface area (Å²) in [5.74, 6) is -1.40. The molecular formula is C22H22N4O4. The van der Waals surface area contributed by atoms with Gasteiger partial charge in [0.2, 0.25) is 0 Å². The van der Waals surface area contributed by atoms with E-state index in [2.05, 4.69) is 9.97 Å². The first kappa shape index (κ1) is 20.0. The van der Waals surface area contributed by atoms with Gasteiger partial charge in [-0.25, -0.2) is 9.97 Å². The molecule has 154 valence electrons. The first-order valence-corrected chi connectivity index (χ1v) is 10.0. The fourth-order valence-corrected chi connectivity index (χ4v) is 6.39. The highest BCUT2D eigenvalue weighted by Crippen LogP contribution is 2.88. The largest absolute Gasteiger partial charge is 0.469 e. The smallest absolute Gasteiger partial charge is 0.323 e. The molecule has 1 aromatic rings. The number of carbonyl (C=O) groups is 2. The van der Waals surface area contributed by atoms with Crippen molar-refractivity contribution in [1.82, 2.24) is 9.97 Å². The van der Waals surface area contributed by atoms with Crippen molar-refractivity contribution in [1.29, 1.82) is 10.5 Å². The predicted octanol–water partition coefficient (Wildman–Crippen LogP) is 2.21. The molecular weight excluding hydrogens is 384 g/mol. The summed E-state index contributed by atoms with van der Waals surface area (Å²) in [6.45, 7) is 3.98. The molecule has 4 unspecified atom stereocenters. The third-order valence-electron chi connectivity index (χ3n) is 7.11. The third kappa shape index (κ3) is 1.73. The number of hydrogen-bond acceptors (Lipinski definition) is 8. The molecule has 0 aromatic carbocycles. The van der Waals surface area contributed by atoms with Gasteiger partial charge in [0.25, 0.3) is 0 Å². The Morgan fingerprint density at radius 2 is 1.63 bits per heavy atom. The van der Waals surface area contributed by atoms with Crippen LogP contribution in [0.15, 0.2) is 11.6 Å². The van der Waals surface area contributed by atoms with E-state index in [1.165, 1.54) is 14.2 Å². The van der Waals surface area contributed by atoms with E-state index < -0.39 is 28.2 Å². The van der Waals surface area contributed by atoms with Gasteiger partial charge in [0.1, 0.15) is 17.6 Å². The standard InChI is InChI=1S/C22H22N4O4/c1-5-7-12-9-15-20(8-6-2)16-17(26-14(11-24)13(10-23)25-16)21(12,18(27)29-3)22(15,20)19(28)30-4/h9,15H,5-8H2,1-4H3. The van der Waals surface area contributed by atoms with Crippen molar-refractivity contribution in [3.63, 3.8) is 0 Å². The molecule has 30 heavy (non-hydrogen) atoms. The molecule has 0 saturated heterocycles. The Hall–Kier alpha value is -3.26. The summed E-state index contributed by atoms with van der Waals surface area (Å²) in [4.78, 5) is 35.9. The normalized spacial score (nSPS) is 31.7. The molecule has 4 atom stereocenters. The fourth-order valence-electron chi connectivity index (χ4n) is 6.39. The van der Waals surface area contributed by atoms with E-state index in [0.717, 1.165) is 18.4 Å². The lowest BCUT2D eigenvalue weighted by molar-refractivity contribution is -0.161. The molecule has 0 bridgehead atoms. The number of allylic oxidation sites excluding steroid dienone is 1. The predicted molar refractivity (Wildman–Crippen MR) is 103 cm³/mol. The van der Waals surface area contributed by atoms with Gasteiger partial charge >= 0.3 is 11.9 Å². The second-order valence-electron chi connectivity index (χ2n) is 8.02. The Balaban J connectivity index is 2.17. The average Bonchev–Trinajstić information content (AvgIpc) is 3.13. The van der Waals surface area contributed by atoms with Crippen molar-refractivity contribution in [2.45, 2.75) is 50.4 Å². The van der Waals surface area contributed by atoms with E-state index in [1.807, 2.05) is 32.1 Å². The van der Waals surface area contributed by atoms with E-state index >= 15 is 0 Å². The van der Waals surface area contributed by atoms with Gasteiger partial charge in [-0.05, 0) is 18.4 Å². The molecule has 3 aliphatic carbocycles. The van der Waals surface area contributed by atoms with E-state index in [4.69, 9.17) is 9.47 Å². The molecule has 8 nitrogen and oxygen atoms in total. The van der Waals surface area contributed by atoms with Gasteiger partial charge in [0.15, 0.2) is 16.8 Å². The van der Waals surface area contributed by atoms with Crippen LogP contribution in [0.2, 0.25) is 0 Å². The monoisotopic (exact) mass is 406 g/mol. The van der Waals surface area contributed by atoms with Gasteiger partial charge in [-0.1, -0.05) is 32.8 Å². The molecule has 1 heterocycles. The van der Waals surface area contributed by atoms with Crippen molar-refractivity contribution in [2.24, 2.45) is 11.3 Å². The highest BCUT2D eigenvalue weighted by atomic mass is 16.5. The van der Waals surface area contributed by atoms with Gasteiger partial charge in [0.05, 0.1) is 25.6 Å². The Morgan fingerprint density at radius 3 is 2.13 bits per heavy atom. The number of nitriles is 2. The van der Waals surface area contributed by atoms with Crippen LogP contribution in [-0.2, 0) is 29.9 Å². The molecule has 8 heteroatoms. The Kier molecular flexibility index (Phi) is 4.25. The first-order valence-electron chi connectivity index (χ1n) is 10.0. The quantitative estimate of drug-likeness (QED) is 0.520. The van der Waals surface area contributed by atoms with Crippen LogP contribution >= 0.6 is 0 Å². The zero-order valence-electron chi connectivity index (χ0n) is 17.4. The van der Waals surface area contributed by atoms with E-state index in [1.54, 1.807) is 0 Å². The van der Waals surface area contributed by atoms with Crippen LogP contribution in [0.4, 0.5) is 0 Å². The fraction of sp³-hybridized carbons (Fsp3) is 0.545. The molecule has 4 rings (SSSR count). The van der Waals surface area contributed by atoms with Gasteiger partial charge in [-0.3, -0.25) is 9.59 Å². The van der Waals surface area contributed by atoms with Crippen LogP contribution in [0.5, 0.6) is 0 Å². The minimum atomic E-state index is -1.49. The summed E-state index contributed by atoms with van der Waals surface area (Å²) in [5, 5.41) is 19.1. The maximum Gasteiger partial charge on any atom is 0.323 e. The second kappa shape index (κ2) is 6.37. The lowest BCUT2D eigenvalue weighted by Gasteiger charge is -2.34. The number of nitrogens with zero attached hydrogens (tertiary/aromatic N) is 4. The number of hydrogen-bond donors (Lipinski definition) is 0. The van der Waals surface area contributed by atoms with Crippen LogP contribution in [0.25, 0.3) is 0 Å². The maximum atomic E-state index is 13.5. The van der Waals surface area contributed by atoms with Crippen molar-refractivity contribution in [3.05, 3.63) is 34.4 Å². The summed E-state index contributed by atoms with van der Waals surface area (Å²) in [6, 6.07) is 3.83. The SMILES string of the molecule is CCCC1=CC2C3(CCC)c4nc(C#N)c(C#N)nc4C1(C(=O)OC)C23C(=O)OC. The van der Waals surface area contributed by atoms with Crippen molar-refractivity contribution in [3.8, 4) is 12.1 Å². The molecule has 0 radical (unpaired) electrons. The van der Waals surface area contributed by atoms with Crippen LogP contribution in [-0.4, -0.2) is 36.1 Å². The number of carbonyl (C=O) groups excluding carboxylic acids is 2. The van der Waals surface area contributed by atoms with Gasteiger partial charge in [0, 0.05) is 11.3 Å². The summed E-state index contributed by atoms with van der Waals surface area (Å²) >= 11 is 0. The molecule has 0 aliphatic heterocycles. The van der Waals surface area contributed by atoms with Crippen LogP contribution < -0.4 is 0 Å². The summed E-state index contributed by atoms with van der Waals surface area (Å²) in [5.41, 5.74) is -2.34. The highest BCUT2D eigenvalue weighted by Gasteiger charge is 2.97. The Morgan fingerprint density at radius 1 is 1.03 bits per heavy atom. The van der Waals surface area contributed by atoms with E-state index in [9.17, 15) is 20.1 Å². The number of methoxy groups -OCH3 is 2. The van der Waals surface area contributed by atoms with Crippen LogP contribution in [0.1, 0.15) is 62.3 Å². The molecule has 0 spiro atoms. The first-order chi connectivity index (χ1) is 14.4. The third-order valence-corrected chi connectivity index (χ3v) is 7.11. The summed E-state index contributed by atoms with van der Waals surface area (Å²) < 4.78 is 10.5. The lowest BCUT2D eigenvalue weighted by Crippen LogP contribution is -2.50. The van der Waals surface area contributed by atoms with Crippen molar-refractivity contribution in [2.75, 3.05) is 14.2 Å². The number of esters is 2. The molecule has 0 N–H and O–H groups in total. The van der Waals surface area contributed by atoms with E-state index in [-0.39, 0.29) is 23.0 Å². The molecule has 1 aromatic heterocycles. The van der Waals surface area contributed by atoms with Gasteiger partial charge in [-0.2, -0.15) is 10.5 Å². The lowest BCUT2D eigenvalue weighted by atomic mass is 9.67. The topological polar surface area (TPSA) is 126 Å². The van der Waals surface area contributed by atoms with Crippen LogP contribution in [0, 0.1) is 34.0 Å². The molecule has 0 amide bonds. The zero-order chi connectivity index (χ0) is 21.9. The molecule has 1 fully saturated rings. The van der Waals surface area contributed by atoms with Gasteiger partial charge < -0.3 is 9.47 Å². The summed E-state index contributed by atoms with van der Waals surface area (Å²) in [6.07, 6.45) is 4.61. The highest BCUT2D eigenvalue weighted by molar-refractivity contribution is 6.06. The minimum absolute atomic E-state index is 0.101. The van der Waals surface area contributed by atoms with Crippen molar-refractivity contribution >= 4 is 11.9 Å². The average molecular weight is 406 g/mol. The summed E-state index contributed by atoms with van der Waals surface area (Å²) in [7, 11) is 2.59. The number of rotatable bonds is 6.